The van der Waals surface area contributed by atoms with Crippen LogP contribution >= 0.6 is 54.5 Å². The number of halogens is 3. The number of nitrogens with one attached hydrogen (secondary N) is 2. The number of rotatable bonds is 3. The highest BCUT2D eigenvalue weighted by molar-refractivity contribution is 14.1. The van der Waals surface area contributed by atoms with Gasteiger partial charge in [-0.05, 0) is 40.2 Å². The normalized spacial score (nSPS) is 10.8. The van der Waals surface area contributed by atoms with Crippen LogP contribution < -0.4 is 10.7 Å². The number of carbonyl (C=O) groups is 1. The van der Waals surface area contributed by atoms with Crippen LogP contribution in [0.4, 0.5) is 10.5 Å². The van der Waals surface area contributed by atoms with Crippen molar-refractivity contribution in [2.45, 2.75) is 0 Å². The van der Waals surface area contributed by atoms with Crippen LogP contribution in [0.25, 0.3) is 0 Å². The van der Waals surface area contributed by atoms with E-state index < -0.39 is 6.03 Å². The van der Waals surface area contributed by atoms with E-state index in [0.29, 0.717) is 11.4 Å². The van der Waals surface area contributed by atoms with Gasteiger partial charge in [-0.15, -0.1) is 0 Å². The number of benzene rings is 1. The van der Waals surface area contributed by atoms with E-state index in [0.717, 1.165) is 12.7 Å². The molecule has 0 aliphatic rings. The van der Waals surface area contributed by atoms with E-state index in [1.54, 1.807) is 18.2 Å². The number of hydrogen-bond donors (Lipinski definition) is 2. The van der Waals surface area contributed by atoms with E-state index in [2.05, 4.69) is 47.7 Å². The molecule has 1 aromatic heterocycles. The van der Waals surface area contributed by atoms with E-state index in [4.69, 9.17) is 4.42 Å². The Hall–Kier alpha value is -0.870. The summed E-state index contributed by atoms with van der Waals surface area (Å²) in [5.74, 6) is 0.546. The Kier molecular flexibility index (Phi) is 5.61. The molecule has 0 saturated carbocycles. The van der Waals surface area contributed by atoms with Crippen LogP contribution in [0.15, 0.2) is 48.8 Å². The highest BCUT2D eigenvalue weighted by atomic mass is 127. The molecule has 104 valence electrons. The molecular weight excluding hydrogens is 505 g/mol. The molecule has 2 amide bonds. The van der Waals surface area contributed by atoms with Gasteiger partial charge in [0.1, 0.15) is 5.76 Å². The van der Waals surface area contributed by atoms with Gasteiger partial charge in [-0.2, -0.15) is 5.10 Å². The average Bonchev–Trinajstić information content (AvgIpc) is 2.71. The van der Waals surface area contributed by atoms with E-state index in [9.17, 15) is 4.79 Å². The Morgan fingerprint density at radius 3 is 2.60 bits per heavy atom. The maximum Gasteiger partial charge on any atom is 0.339 e. The lowest BCUT2D eigenvalue weighted by Gasteiger charge is -2.03. The third-order valence-corrected chi connectivity index (χ3v) is 4.78. The quantitative estimate of drug-likeness (QED) is 0.359. The minimum atomic E-state index is -0.427. The van der Waals surface area contributed by atoms with Gasteiger partial charge < -0.3 is 9.73 Å². The van der Waals surface area contributed by atoms with Gasteiger partial charge in [-0.25, -0.2) is 10.2 Å². The fraction of sp³-hybridized carbons (Fsp3) is 0. The SMILES string of the molecule is O=C(N/N=C/c1cc(Br)c(I)o1)Nc1ccc(Br)cc1. The van der Waals surface area contributed by atoms with E-state index in [1.165, 1.54) is 6.21 Å². The van der Waals surface area contributed by atoms with Gasteiger partial charge in [0.15, 0.2) is 3.77 Å². The molecule has 0 bridgehead atoms. The molecule has 0 fully saturated rings. The molecule has 0 unspecified atom stereocenters. The van der Waals surface area contributed by atoms with Crippen molar-refractivity contribution in [2.75, 3.05) is 5.32 Å². The van der Waals surface area contributed by atoms with Crippen LogP contribution in [0.3, 0.4) is 0 Å². The molecule has 0 spiro atoms. The van der Waals surface area contributed by atoms with Crippen LogP contribution in [0, 0.1) is 3.77 Å². The van der Waals surface area contributed by atoms with E-state index in [1.807, 2.05) is 34.7 Å². The van der Waals surface area contributed by atoms with Crippen molar-refractivity contribution >= 4 is 72.4 Å². The van der Waals surface area contributed by atoms with Gasteiger partial charge in [0.05, 0.1) is 10.7 Å². The second-order valence-corrected chi connectivity index (χ2v) is 6.35. The van der Waals surface area contributed by atoms with Crippen LogP contribution in [-0.4, -0.2) is 12.2 Å². The number of amides is 2. The zero-order valence-electron chi connectivity index (χ0n) is 9.86. The molecule has 2 rings (SSSR count). The second kappa shape index (κ2) is 7.23. The number of hydrogen-bond acceptors (Lipinski definition) is 3. The number of carbonyl (C=O) groups excluding carboxylic acids is 1. The summed E-state index contributed by atoms with van der Waals surface area (Å²) in [5, 5.41) is 6.44. The molecule has 8 heteroatoms. The number of anilines is 1. The summed E-state index contributed by atoms with van der Waals surface area (Å²) in [7, 11) is 0. The Morgan fingerprint density at radius 2 is 2.00 bits per heavy atom. The molecule has 0 saturated heterocycles. The number of nitrogens with zero attached hydrogens (tertiary/aromatic N) is 1. The fourth-order valence-corrected chi connectivity index (χ4v) is 2.25. The maximum absolute atomic E-state index is 11.6. The van der Waals surface area contributed by atoms with Crippen LogP contribution in [0.5, 0.6) is 0 Å². The lowest BCUT2D eigenvalue weighted by Crippen LogP contribution is -2.24. The fourth-order valence-electron chi connectivity index (χ4n) is 1.27. The zero-order valence-corrected chi connectivity index (χ0v) is 15.2. The highest BCUT2D eigenvalue weighted by Crippen LogP contribution is 2.21. The van der Waals surface area contributed by atoms with Crippen molar-refractivity contribution in [1.82, 2.24) is 5.43 Å². The minimum absolute atomic E-state index is 0.427. The molecule has 20 heavy (non-hydrogen) atoms. The Labute approximate surface area is 145 Å². The Morgan fingerprint density at radius 1 is 1.30 bits per heavy atom. The van der Waals surface area contributed by atoms with Crippen molar-refractivity contribution in [3.8, 4) is 0 Å². The first-order valence-electron chi connectivity index (χ1n) is 5.35. The smallest absolute Gasteiger partial charge is 0.339 e. The van der Waals surface area contributed by atoms with Gasteiger partial charge in [-0.1, -0.05) is 15.9 Å². The van der Waals surface area contributed by atoms with Crippen LogP contribution in [-0.2, 0) is 0 Å². The number of hydrazone groups is 1. The second-order valence-electron chi connectivity index (χ2n) is 3.60. The van der Waals surface area contributed by atoms with Gasteiger partial charge in [-0.3, -0.25) is 0 Å². The predicted octanol–water partition coefficient (Wildman–Crippen LogP) is 4.56. The topological polar surface area (TPSA) is 66.6 Å². The van der Waals surface area contributed by atoms with Crippen molar-refractivity contribution < 1.29 is 9.21 Å². The van der Waals surface area contributed by atoms with E-state index in [-0.39, 0.29) is 0 Å². The first-order chi connectivity index (χ1) is 9.54. The molecule has 2 N–H and O–H groups in total. The standard InChI is InChI=1S/C12H8Br2IN3O2/c13-7-1-3-8(4-2-7)17-12(19)18-16-6-9-5-10(14)11(15)20-9/h1-6H,(H2,17,18,19)/b16-6+. The first kappa shape index (κ1) is 15.5. The molecule has 1 heterocycles. The lowest BCUT2D eigenvalue weighted by molar-refractivity contribution is 0.252. The third kappa shape index (κ3) is 4.60. The molecule has 0 radical (unpaired) electrons. The van der Waals surface area contributed by atoms with Crippen LogP contribution in [0.2, 0.25) is 0 Å². The number of urea groups is 1. The van der Waals surface area contributed by atoms with E-state index >= 15 is 0 Å². The van der Waals surface area contributed by atoms with Gasteiger partial charge in [0.25, 0.3) is 0 Å². The zero-order chi connectivity index (χ0) is 14.5. The molecule has 2 aromatic rings. The molecule has 5 nitrogen and oxygen atoms in total. The summed E-state index contributed by atoms with van der Waals surface area (Å²) in [5.41, 5.74) is 3.03. The molecule has 0 atom stereocenters. The van der Waals surface area contributed by atoms with Crippen molar-refractivity contribution in [3.63, 3.8) is 0 Å². The predicted molar refractivity (Wildman–Crippen MR) is 93.0 cm³/mol. The third-order valence-electron chi connectivity index (χ3n) is 2.12. The summed E-state index contributed by atoms with van der Waals surface area (Å²) >= 11 is 8.69. The average molecular weight is 513 g/mol. The van der Waals surface area contributed by atoms with Crippen molar-refractivity contribution in [1.29, 1.82) is 0 Å². The molecular formula is C12H8Br2IN3O2. The monoisotopic (exact) mass is 511 g/mol. The minimum Gasteiger partial charge on any atom is -0.448 e. The molecule has 0 aliphatic heterocycles. The highest BCUT2D eigenvalue weighted by Gasteiger charge is 2.04. The van der Waals surface area contributed by atoms with Crippen LogP contribution in [0.1, 0.15) is 5.76 Å². The Balaban J connectivity index is 1.87. The summed E-state index contributed by atoms with van der Waals surface area (Å²) in [6, 6.07) is 8.56. The summed E-state index contributed by atoms with van der Waals surface area (Å²) < 4.78 is 7.86. The lowest BCUT2D eigenvalue weighted by atomic mass is 10.3. The Bertz CT molecular complexity index is 621. The number of furan rings is 1. The summed E-state index contributed by atoms with van der Waals surface area (Å²) in [4.78, 5) is 11.6. The molecule has 0 aliphatic carbocycles. The van der Waals surface area contributed by atoms with Crippen molar-refractivity contribution in [3.05, 3.63) is 48.8 Å². The van der Waals surface area contributed by atoms with Crippen molar-refractivity contribution in [2.24, 2.45) is 5.10 Å². The largest absolute Gasteiger partial charge is 0.448 e. The summed E-state index contributed by atoms with van der Waals surface area (Å²) in [6.07, 6.45) is 1.42. The maximum atomic E-state index is 11.6. The first-order valence-corrected chi connectivity index (χ1v) is 8.01. The summed E-state index contributed by atoms with van der Waals surface area (Å²) in [6.45, 7) is 0. The van der Waals surface area contributed by atoms with Gasteiger partial charge in [0, 0.05) is 38.8 Å². The van der Waals surface area contributed by atoms with Gasteiger partial charge in [0.2, 0.25) is 0 Å². The van der Waals surface area contributed by atoms with Gasteiger partial charge >= 0.3 is 6.03 Å². The molecule has 1 aromatic carbocycles.